The summed E-state index contributed by atoms with van der Waals surface area (Å²) in [6.45, 7) is 4.16. The minimum Gasteiger partial charge on any atom is -0.377 e. The van der Waals surface area contributed by atoms with Gasteiger partial charge in [0.05, 0.1) is 23.3 Å². The largest absolute Gasteiger partial charge is 0.377 e. The fourth-order valence-corrected chi connectivity index (χ4v) is 4.90. The van der Waals surface area contributed by atoms with Crippen LogP contribution in [0.4, 0.5) is 0 Å². The molecule has 110 valence electrons. The molecule has 3 fully saturated rings. The topological polar surface area (TPSA) is 39.1 Å². The van der Waals surface area contributed by atoms with Gasteiger partial charge in [-0.05, 0) is 42.1 Å². The van der Waals surface area contributed by atoms with E-state index in [0.29, 0.717) is 23.6 Å². The summed E-state index contributed by atoms with van der Waals surface area (Å²) in [6, 6.07) is 1.11. The highest BCUT2D eigenvalue weighted by Crippen LogP contribution is 2.62. The second-order valence-corrected chi connectivity index (χ2v) is 7.67. The van der Waals surface area contributed by atoms with Crippen LogP contribution in [0.1, 0.15) is 32.6 Å². The van der Waals surface area contributed by atoms with E-state index in [1.165, 1.54) is 25.7 Å². The van der Waals surface area contributed by atoms with Crippen LogP contribution < -0.4 is 5.32 Å². The van der Waals surface area contributed by atoms with Crippen molar-refractivity contribution in [3.8, 4) is 0 Å². The van der Waals surface area contributed by atoms with E-state index in [4.69, 9.17) is 4.74 Å². The standard InChI is InChI=1S/C15H22BrN3O/c1-10(8-19-9-11(16)7-17-19)18-13-12-3-6-20-14(12)15(13)4-2-5-15/h7,9-10,12-14,18H,2-6,8H2,1H3/t10-,12+,13-,14-/m1/s1. The first-order valence-corrected chi connectivity index (χ1v) is 8.54. The second-order valence-electron chi connectivity index (χ2n) is 6.76. The molecule has 4 rings (SSSR count). The van der Waals surface area contributed by atoms with Crippen LogP contribution in [0, 0.1) is 11.3 Å². The second kappa shape index (κ2) is 4.82. The average Bonchev–Trinajstić information content (AvgIpc) is 2.92. The number of halogens is 1. The Labute approximate surface area is 128 Å². The lowest BCUT2D eigenvalue weighted by molar-refractivity contribution is -0.178. The Morgan fingerprint density at radius 3 is 3.10 bits per heavy atom. The fraction of sp³-hybridized carbons (Fsp3) is 0.800. The monoisotopic (exact) mass is 339 g/mol. The predicted molar refractivity (Wildman–Crippen MR) is 80.4 cm³/mol. The van der Waals surface area contributed by atoms with Gasteiger partial charge >= 0.3 is 0 Å². The van der Waals surface area contributed by atoms with Gasteiger partial charge in [0.1, 0.15) is 0 Å². The summed E-state index contributed by atoms with van der Waals surface area (Å²) in [5.41, 5.74) is 0.472. The van der Waals surface area contributed by atoms with E-state index >= 15 is 0 Å². The minimum absolute atomic E-state index is 0.450. The molecule has 1 N–H and O–H groups in total. The van der Waals surface area contributed by atoms with Crippen molar-refractivity contribution >= 4 is 15.9 Å². The van der Waals surface area contributed by atoms with Crippen molar-refractivity contribution in [1.29, 1.82) is 0 Å². The SMILES string of the molecule is C[C@H](Cn1cc(Br)cn1)N[C@@H]1[C@@H]2CCO[C@H]2C12CCC2. The molecular formula is C15H22BrN3O. The van der Waals surface area contributed by atoms with E-state index in [2.05, 4.69) is 33.3 Å². The number of hydrogen-bond acceptors (Lipinski definition) is 3. The third kappa shape index (κ3) is 1.90. The molecule has 1 aliphatic heterocycles. The maximum absolute atomic E-state index is 5.98. The van der Waals surface area contributed by atoms with E-state index in [1.807, 2.05) is 17.1 Å². The molecule has 2 heterocycles. The third-order valence-electron chi connectivity index (χ3n) is 5.56. The molecule has 1 saturated heterocycles. The van der Waals surface area contributed by atoms with E-state index in [9.17, 15) is 0 Å². The van der Waals surface area contributed by atoms with Gasteiger partial charge in [0.15, 0.2) is 0 Å². The number of aromatic nitrogens is 2. The summed E-state index contributed by atoms with van der Waals surface area (Å²) in [5.74, 6) is 0.752. The molecule has 1 spiro atoms. The zero-order chi connectivity index (χ0) is 13.7. The zero-order valence-corrected chi connectivity index (χ0v) is 13.5. The van der Waals surface area contributed by atoms with Gasteiger partial charge in [-0.3, -0.25) is 4.68 Å². The summed E-state index contributed by atoms with van der Waals surface area (Å²) in [7, 11) is 0. The molecule has 2 saturated carbocycles. The number of ether oxygens (including phenoxy) is 1. The smallest absolute Gasteiger partial charge is 0.0690 e. The molecule has 4 atom stereocenters. The van der Waals surface area contributed by atoms with Gasteiger partial charge < -0.3 is 10.1 Å². The number of nitrogens with zero attached hydrogens (tertiary/aromatic N) is 2. The van der Waals surface area contributed by atoms with Crippen LogP contribution in [0.2, 0.25) is 0 Å². The molecule has 0 amide bonds. The molecule has 4 nitrogen and oxygen atoms in total. The third-order valence-corrected chi connectivity index (χ3v) is 5.97. The first-order chi connectivity index (χ1) is 9.69. The van der Waals surface area contributed by atoms with E-state index < -0.39 is 0 Å². The molecule has 0 aromatic carbocycles. The molecule has 0 radical (unpaired) electrons. The number of rotatable bonds is 4. The lowest BCUT2D eigenvalue weighted by Crippen LogP contribution is -2.72. The summed E-state index contributed by atoms with van der Waals surface area (Å²) in [4.78, 5) is 0. The van der Waals surface area contributed by atoms with Crippen molar-refractivity contribution in [3.63, 3.8) is 0 Å². The van der Waals surface area contributed by atoms with Crippen molar-refractivity contribution in [3.05, 3.63) is 16.9 Å². The quantitative estimate of drug-likeness (QED) is 0.916. The summed E-state index contributed by atoms with van der Waals surface area (Å²) < 4.78 is 9.04. The highest BCUT2D eigenvalue weighted by atomic mass is 79.9. The van der Waals surface area contributed by atoms with Crippen molar-refractivity contribution < 1.29 is 4.74 Å². The lowest BCUT2D eigenvalue weighted by atomic mass is 9.46. The molecule has 5 heteroatoms. The van der Waals surface area contributed by atoms with Gasteiger partial charge in [0.2, 0.25) is 0 Å². The Kier molecular flexibility index (Phi) is 3.20. The molecule has 1 aromatic rings. The minimum atomic E-state index is 0.450. The van der Waals surface area contributed by atoms with Crippen LogP contribution in [0.5, 0.6) is 0 Å². The highest BCUT2D eigenvalue weighted by molar-refractivity contribution is 9.10. The Hall–Kier alpha value is -0.390. The Morgan fingerprint density at radius 2 is 2.45 bits per heavy atom. The van der Waals surface area contributed by atoms with Gasteiger partial charge in [0.25, 0.3) is 0 Å². The molecular weight excluding hydrogens is 318 g/mol. The number of hydrogen-bond donors (Lipinski definition) is 1. The molecule has 1 aromatic heterocycles. The average molecular weight is 340 g/mol. The molecule has 0 unspecified atom stereocenters. The fourth-order valence-electron chi connectivity index (χ4n) is 4.57. The van der Waals surface area contributed by atoms with Gasteiger partial charge in [0, 0.05) is 36.2 Å². The van der Waals surface area contributed by atoms with Crippen LogP contribution in [-0.2, 0) is 11.3 Å². The first-order valence-electron chi connectivity index (χ1n) is 7.75. The predicted octanol–water partition coefficient (Wildman–Crippen LogP) is 2.58. The normalized spacial score (nSPS) is 35.4. The van der Waals surface area contributed by atoms with Crippen LogP contribution in [0.25, 0.3) is 0 Å². The van der Waals surface area contributed by atoms with Crippen LogP contribution in [0.15, 0.2) is 16.9 Å². The zero-order valence-electron chi connectivity index (χ0n) is 11.9. The molecule has 20 heavy (non-hydrogen) atoms. The molecule has 2 aliphatic carbocycles. The van der Waals surface area contributed by atoms with Crippen molar-refractivity contribution in [2.75, 3.05) is 6.61 Å². The summed E-state index contributed by atoms with van der Waals surface area (Å²) in [6.07, 6.45) is 9.77. The Bertz CT molecular complexity index is 499. The summed E-state index contributed by atoms with van der Waals surface area (Å²) >= 11 is 3.45. The summed E-state index contributed by atoms with van der Waals surface area (Å²) in [5, 5.41) is 8.23. The number of nitrogens with one attached hydrogen (secondary N) is 1. The lowest BCUT2D eigenvalue weighted by Gasteiger charge is -2.64. The van der Waals surface area contributed by atoms with Crippen LogP contribution in [0.3, 0.4) is 0 Å². The van der Waals surface area contributed by atoms with Gasteiger partial charge in [-0.1, -0.05) is 6.42 Å². The highest BCUT2D eigenvalue weighted by Gasteiger charge is 2.66. The van der Waals surface area contributed by atoms with Crippen LogP contribution >= 0.6 is 15.9 Å². The van der Waals surface area contributed by atoms with Gasteiger partial charge in [-0.2, -0.15) is 5.10 Å². The van der Waals surface area contributed by atoms with Crippen molar-refractivity contribution in [1.82, 2.24) is 15.1 Å². The van der Waals surface area contributed by atoms with Gasteiger partial charge in [-0.25, -0.2) is 0 Å². The Balaban J connectivity index is 1.40. The van der Waals surface area contributed by atoms with E-state index in [-0.39, 0.29) is 0 Å². The van der Waals surface area contributed by atoms with Gasteiger partial charge in [-0.15, -0.1) is 0 Å². The number of fused-ring (bicyclic) bond motifs is 2. The van der Waals surface area contributed by atoms with Crippen molar-refractivity contribution in [2.45, 2.75) is 57.3 Å². The molecule has 0 bridgehead atoms. The van der Waals surface area contributed by atoms with Crippen molar-refractivity contribution in [2.24, 2.45) is 11.3 Å². The van der Waals surface area contributed by atoms with Crippen LogP contribution in [-0.4, -0.2) is 34.6 Å². The first kappa shape index (κ1) is 13.3. The molecule has 3 aliphatic rings. The maximum atomic E-state index is 5.98. The van der Waals surface area contributed by atoms with E-state index in [1.54, 1.807) is 0 Å². The maximum Gasteiger partial charge on any atom is 0.0690 e. The Morgan fingerprint density at radius 1 is 1.60 bits per heavy atom. The van der Waals surface area contributed by atoms with E-state index in [0.717, 1.165) is 23.5 Å².